The molecule has 6 rings (SSSR count). The van der Waals surface area contributed by atoms with Crippen molar-refractivity contribution < 1.29 is 4.74 Å². The number of allylic oxidation sites excluding steroid dienone is 1. The summed E-state index contributed by atoms with van der Waals surface area (Å²) in [6.45, 7) is 3.33. The number of fused-ring (bicyclic) bond motifs is 3. The molecule has 4 heteroatoms. The Morgan fingerprint density at radius 3 is 2.74 bits per heavy atom. The Labute approximate surface area is 160 Å². The lowest BCUT2D eigenvalue weighted by Gasteiger charge is -2.44. The van der Waals surface area contributed by atoms with Crippen LogP contribution in [0.5, 0.6) is 5.75 Å². The molecule has 138 valence electrons. The second-order valence-electron chi connectivity index (χ2n) is 7.83. The van der Waals surface area contributed by atoms with Gasteiger partial charge in [-0.3, -0.25) is 9.88 Å². The summed E-state index contributed by atoms with van der Waals surface area (Å²) in [6.07, 6.45) is 8.55. The first-order chi connectivity index (χ1) is 13.2. The molecule has 4 heterocycles. The van der Waals surface area contributed by atoms with Gasteiger partial charge >= 0.3 is 0 Å². The fourth-order valence-electron chi connectivity index (χ4n) is 4.99. The lowest BCUT2D eigenvalue weighted by Crippen LogP contribution is -2.40. The Balaban J connectivity index is 1.77. The third kappa shape index (κ3) is 2.51. The van der Waals surface area contributed by atoms with Gasteiger partial charge in [0.05, 0.1) is 12.6 Å². The summed E-state index contributed by atoms with van der Waals surface area (Å²) >= 11 is 0. The summed E-state index contributed by atoms with van der Waals surface area (Å²) in [5, 5.41) is 1.34. The summed E-state index contributed by atoms with van der Waals surface area (Å²) in [7, 11) is 4.01. The average Bonchev–Trinajstić information content (AvgIpc) is 3.04. The highest BCUT2D eigenvalue weighted by Crippen LogP contribution is 2.50. The summed E-state index contributed by atoms with van der Waals surface area (Å²) in [5.74, 6) is 1.52. The van der Waals surface area contributed by atoms with Crippen LogP contribution < -0.4 is 4.74 Å². The molecule has 0 spiro atoms. The van der Waals surface area contributed by atoms with Crippen LogP contribution in [-0.4, -0.2) is 35.2 Å². The van der Waals surface area contributed by atoms with E-state index >= 15 is 0 Å². The second-order valence-corrected chi connectivity index (χ2v) is 7.83. The molecule has 4 nitrogen and oxygen atoms in total. The number of methoxy groups -OCH3 is 1. The Bertz CT molecular complexity index is 1030. The van der Waals surface area contributed by atoms with Gasteiger partial charge in [0.25, 0.3) is 0 Å². The fraction of sp³-hybridized carbons (Fsp3) is 0.348. The molecule has 0 radical (unpaired) electrons. The minimum absolute atomic E-state index is 0.510. The van der Waals surface area contributed by atoms with Crippen LogP contribution in [0.3, 0.4) is 0 Å². The van der Waals surface area contributed by atoms with Crippen molar-refractivity contribution in [2.75, 3.05) is 20.7 Å². The fourth-order valence-corrected chi connectivity index (χ4v) is 4.99. The maximum Gasteiger partial charge on any atom is 0.119 e. The summed E-state index contributed by atoms with van der Waals surface area (Å²) < 4.78 is 7.98. The highest BCUT2D eigenvalue weighted by atomic mass is 16.5. The Morgan fingerprint density at radius 1 is 1.19 bits per heavy atom. The quantitative estimate of drug-likeness (QED) is 0.664. The monoisotopic (exact) mass is 359 g/mol. The van der Waals surface area contributed by atoms with Crippen molar-refractivity contribution in [3.63, 3.8) is 0 Å². The predicted molar refractivity (Wildman–Crippen MR) is 110 cm³/mol. The largest absolute Gasteiger partial charge is 0.497 e. The lowest BCUT2D eigenvalue weighted by atomic mass is 9.78. The third-order valence-electron chi connectivity index (χ3n) is 6.30. The number of piperidine rings is 1. The number of hydrogen-bond acceptors (Lipinski definition) is 3. The topological polar surface area (TPSA) is 30.3 Å². The molecule has 0 N–H and O–H groups in total. The number of ether oxygens (including phenoxy) is 1. The van der Waals surface area contributed by atoms with Crippen LogP contribution in [-0.2, 0) is 0 Å². The van der Waals surface area contributed by atoms with Gasteiger partial charge in [0.1, 0.15) is 5.75 Å². The molecule has 2 bridgehead atoms. The van der Waals surface area contributed by atoms with E-state index in [1.165, 1.54) is 46.1 Å². The maximum absolute atomic E-state index is 5.53. The Kier molecular flexibility index (Phi) is 3.83. The van der Waals surface area contributed by atoms with E-state index < -0.39 is 0 Å². The van der Waals surface area contributed by atoms with Gasteiger partial charge in [0, 0.05) is 48.2 Å². The number of benzene rings is 1. The number of rotatable bonds is 3. The Hall–Kier alpha value is -2.59. The molecule has 3 aliphatic rings. The molecule has 1 saturated heterocycles. The zero-order valence-corrected chi connectivity index (χ0v) is 16.1. The van der Waals surface area contributed by atoms with Crippen LogP contribution in [0.1, 0.15) is 48.5 Å². The van der Waals surface area contributed by atoms with Crippen molar-refractivity contribution >= 4 is 22.7 Å². The van der Waals surface area contributed by atoms with Crippen molar-refractivity contribution in [1.82, 2.24) is 14.5 Å². The van der Waals surface area contributed by atoms with E-state index in [-0.39, 0.29) is 0 Å². The minimum Gasteiger partial charge on any atom is -0.497 e. The number of nitrogens with zero attached hydrogens (tertiary/aromatic N) is 3. The molecule has 2 aliphatic heterocycles. The maximum atomic E-state index is 5.53. The first kappa shape index (κ1) is 16.6. The van der Waals surface area contributed by atoms with Gasteiger partial charge in [-0.15, -0.1) is 0 Å². The van der Waals surface area contributed by atoms with E-state index in [9.17, 15) is 0 Å². The number of likely N-dealkylation sites (N-methyl/N-ethyl adjacent to an activating group) is 1. The average molecular weight is 359 g/mol. The van der Waals surface area contributed by atoms with E-state index in [0.717, 1.165) is 12.3 Å². The predicted octanol–water partition coefficient (Wildman–Crippen LogP) is 4.93. The lowest BCUT2D eigenvalue weighted by molar-refractivity contribution is 0.144. The second kappa shape index (κ2) is 6.24. The van der Waals surface area contributed by atoms with Gasteiger partial charge in [0.2, 0.25) is 0 Å². The molecule has 2 aromatic heterocycles. The minimum atomic E-state index is 0.510. The van der Waals surface area contributed by atoms with Crippen molar-refractivity contribution in [2.45, 2.75) is 31.7 Å². The first-order valence-corrected chi connectivity index (χ1v) is 9.68. The molecule has 1 aliphatic carbocycles. The van der Waals surface area contributed by atoms with Crippen molar-refractivity contribution in [3.8, 4) is 5.75 Å². The molecule has 3 aromatic rings. The van der Waals surface area contributed by atoms with Crippen LogP contribution in [0, 0.1) is 0 Å². The van der Waals surface area contributed by atoms with Crippen LogP contribution >= 0.6 is 0 Å². The Morgan fingerprint density at radius 2 is 2.00 bits per heavy atom. The molecular weight excluding hydrogens is 334 g/mol. The molecule has 2 atom stereocenters. The SMILES string of the molecule is COc1ccc2c(c1)c1c(n2C=C(C)c2ccncc2)C2CCC1N(C)C2. The van der Waals surface area contributed by atoms with Crippen molar-refractivity contribution in [3.05, 3.63) is 59.5 Å². The van der Waals surface area contributed by atoms with Crippen LogP contribution in [0.4, 0.5) is 0 Å². The zero-order valence-electron chi connectivity index (χ0n) is 16.1. The number of aromatic nitrogens is 2. The van der Waals surface area contributed by atoms with Crippen molar-refractivity contribution in [1.29, 1.82) is 0 Å². The highest BCUT2D eigenvalue weighted by molar-refractivity contribution is 5.92. The molecule has 0 saturated carbocycles. The molecule has 27 heavy (non-hydrogen) atoms. The van der Waals surface area contributed by atoms with E-state index in [0.29, 0.717) is 12.0 Å². The van der Waals surface area contributed by atoms with Crippen LogP contribution in [0.15, 0.2) is 42.7 Å². The molecule has 1 aromatic carbocycles. The van der Waals surface area contributed by atoms with Gasteiger partial charge in [-0.1, -0.05) is 0 Å². The van der Waals surface area contributed by atoms with Gasteiger partial charge < -0.3 is 9.30 Å². The zero-order chi connectivity index (χ0) is 18.5. The van der Waals surface area contributed by atoms with Gasteiger partial charge in [-0.05, 0) is 73.8 Å². The highest BCUT2D eigenvalue weighted by Gasteiger charge is 2.40. The van der Waals surface area contributed by atoms with Gasteiger partial charge in [-0.25, -0.2) is 0 Å². The smallest absolute Gasteiger partial charge is 0.119 e. The first-order valence-electron chi connectivity index (χ1n) is 9.68. The van der Waals surface area contributed by atoms with E-state index in [4.69, 9.17) is 4.74 Å². The molecule has 2 unspecified atom stereocenters. The van der Waals surface area contributed by atoms with Crippen LogP contribution in [0.25, 0.3) is 22.7 Å². The molecular formula is C23H25N3O. The normalized spacial score (nSPS) is 22.3. The van der Waals surface area contributed by atoms with Gasteiger partial charge in [-0.2, -0.15) is 0 Å². The number of pyridine rings is 1. The number of hydrogen-bond donors (Lipinski definition) is 0. The summed E-state index contributed by atoms with van der Waals surface area (Å²) in [5.41, 5.74) is 6.75. The van der Waals surface area contributed by atoms with Gasteiger partial charge in [0.15, 0.2) is 0 Å². The van der Waals surface area contributed by atoms with E-state index in [1.54, 1.807) is 7.11 Å². The summed E-state index contributed by atoms with van der Waals surface area (Å²) in [6, 6.07) is 11.2. The summed E-state index contributed by atoms with van der Waals surface area (Å²) in [4.78, 5) is 6.68. The standard InChI is InChI=1S/C23H25N3O/c1-15(16-8-10-24-11-9-16)13-26-20-7-5-18(27-3)12-19(20)22-21-6-4-17(23(22)26)14-25(21)2/h5,7-13,17,21H,4,6,14H2,1-3H3. The van der Waals surface area contributed by atoms with Crippen LogP contribution in [0.2, 0.25) is 0 Å². The van der Waals surface area contributed by atoms with E-state index in [2.05, 4.69) is 65.0 Å². The molecule has 1 fully saturated rings. The molecule has 0 amide bonds. The third-order valence-corrected chi connectivity index (χ3v) is 6.30. The van der Waals surface area contributed by atoms with E-state index in [1.807, 2.05) is 12.4 Å². The van der Waals surface area contributed by atoms with Crippen molar-refractivity contribution in [2.24, 2.45) is 0 Å².